The number of piperidine rings is 1. The zero-order chi connectivity index (χ0) is 12.3. The highest BCUT2D eigenvalue weighted by molar-refractivity contribution is 6.29. The largest absolute Gasteiger partial charge is 0.343 e. The predicted octanol–water partition coefficient (Wildman–Crippen LogP) is 2.54. The van der Waals surface area contributed by atoms with Crippen LogP contribution in [0.4, 0.5) is 0 Å². The molecule has 0 atom stereocenters. The van der Waals surface area contributed by atoms with Gasteiger partial charge in [-0.1, -0.05) is 17.7 Å². The molecule has 92 valence electrons. The van der Waals surface area contributed by atoms with Crippen LogP contribution in [0, 0.1) is 5.92 Å². The molecule has 1 fully saturated rings. The number of aromatic nitrogens is 1. The van der Waals surface area contributed by atoms with Crippen molar-refractivity contribution in [2.24, 2.45) is 5.92 Å². The lowest BCUT2D eigenvalue weighted by Gasteiger charge is -2.31. The molecule has 2 rings (SSSR count). The Bertz CT molecular complexity index is 383. The summed E-state index contributed by atoms with van der Waals surface area (Å²) in [6.45, 7) is 3.42. The quantitative estimate of drug-likeness (QED) is 0.758. The van der Waals surface area contributed by atoms with Gasteiger partial charge in [-0.2, -0.15) is 0 Å². The molecule has 0 N–H and O–H groups in total. The molecule has 0 bridgehead atoms. The van der Waals surface area contributed by atoms with Crippen LogP contribution in [-0.4, -0.2) is 28.9 Å². The molecule has 0 unspecified atom stereocenters. The molecule has 2 heterocycles. The zero-order valence-electron chi connectivity index (χ0n) is 10.0. The van der Waals surface area contributed by atoms with Gasteiger partial charge in [0.2, 0.25) is 5.91 Å². The van der Waals surface area contributed by atoms with Crippen molar-refractivity contribution in [1.29, 1.82) is 0 Å². The molecule has 3 nitrogen and oxygen atoms in total. The van der Waals surface area contributed by atoms with Crippen LogP contribution in [0.3, 0.4) is 0 Å². The van der Waals surface area contributed by atoms with Gasteiger partial charge in [0.05, 0.1) is 0 Å². The Labute approximate surface area is 107 Å². The van der Waals surface area contributed by atoms with E-state index in [-0.39, 0.29) is 5.91 Å². The molecule has 0 spiro atoms. The monoisotopic (exact) mass is 252 g/mol. The molecular weight excluding hydrogens is 236 g/mol. The third-order valence-electron chi connectivity index (χ3n) is 3.37. The van der Waals surface area contributed by atoms with Crippen LogP contribution >= 0.6 is 11.6 Å². The summed E-state index contributed by atoms with van der Waals surface area (Å²) in [5.41, 5.74) is 1.23. The first-order valence-corrected chi connectivity index (χ1v) is 6.39. The van der Waals surface area contributed by atoms with Crippen LogP contribution in [0.1, 0.15) is 25.3 Å². The number of hydrogen-bond donors (Lipinski definition) is 0. The fourth-order valence-corrected chi connectivity index (χ4v) is 2.42. The smallest absolute Gasteiger partial charge is 0.219 e. The molecule has 1 amide bonds. The van der Waals surface area contributed by atoms with Gasteiger partial charge in [-0.3, -0.25) is 4.79 Å². The Kier molecular flexibility index (Phi) is 4.00. The van der Waals surface area contributed by atoms with E-state index >= 15 is 0 Å². The molecule has 1 saturated heterocycles. The fraction of sp³-hybridized carbons (Fsp3) is 0.538. The lowest BCUT2D eigenvalue weighted by Crippen LogP contribution is -2.37. The minimum absolute atomic E-state index is 0.191. The molecule has 0 radical (unpaired) electrons. The maximum Gasteiger partial charge on any atom is 0.219 e. The molecule has 0 aliphatic carbocycles. The van der Waals surface area contributed by atoms with E-state index in [0.717, 1.165) is 32.4 Å². The average Bonchev–Trinajstić information content (AvgIpc) is 2.33. The van der Waals surface area contributed by atoms with E-state index in [1.54, 1.807) is 6.92 Å². The van der Waals surface area contributed by atoms with Gasteiger partial charge in [0.1, 0.15) is 5.15 Å². The highest BCUT2D eigenvalue weighted by atomic mass is 35.5. The van der Waals surface area contributed by atoms with E-state index in [1.165, 1.54) is 5.56 Å². The summed E-state index contributed by atoms with van der Waals surface area (Å²) in [6, 6.07) is 3.87. The first kappa shape index (κ1) is 12.4. The lowest BCUT2D eigenvalue weighted by molar-refractivity contribution is -0.130. The number of nitrogens with zero attached hydrogens (tertiary/aromatic N) is 2. The van der Waals surface area contributed by atoms with Crippen LogP contribution in [0.5, 0.6) is 0 Å². The van der Waals surface area contributed by atoms with Crippen LogP contribution in [0.2, 0.25) is 5.15 Å². The second kappa shape index (κ2) is 5.50. The molecule has 4 heteroatoms. The van der Waals surface area contributed by atoms with E-state index in [2.05, 4.69) is 4.98 Å². The van der Waals surface area contributed by atoms with E-state index in [9.17, 15) is 4.79 Å². The third kappa shape index (κ3) is 3.43. The number of pyridine rings is 1. The lowest BCUT2D eigenvalue weighted by atomic mass is 9.91. The Morgan fingerprint density at radius 1 is 1.47 bits per heavy atom. The topological polar surface area (TPSA) is 33.2 Å². The van der Waals surface area contributed by atoms with Crippen LogP contribution in [-0.2, 0) is 11.2 Å². The minimum atomic E-state index is 0.191. The van der Waals surface area contributed by atoms with Gasteiger partial charge in [-0.05, 0) is 36.8 Å². The van der Waals surface area contributed by atoms with Crippen LogP contribution < -0.4 is 0 Å². The van der Waals surface area contributed by atoms with Gasteiger partial charge in [-0.25, -0.2) is 4.98 Å². The Morgan fingerprint density at radius 2 is 2.18 bits per heavy atom. The van der Waals surface area contributed by atoms with E-state index in [4.69, 9.17) is 11.6 Å². The summed E-state index contributed by atoms with van der Waals surface area (Å²) in [7, 11) is 0. The van der Waals surface area contributed by atoms with Crippen molar-refractivity contribution in [2.45, 2.75) is 26.2 Å². The zero-order valence-corrected chi connectivity index (χ0v) is 10.8. The second-order valence-electron chi connectivity index (χ2n) is 4.64. The van der Waals surface area contributed by atoms with Gasteiger partial charge in [0, 0.05) is 26.2 Å². The van der Waals surface area contributed by atoms with Gasteiger partial charge in [0.15, 0.2) is 0 Å². The number of hydrogen-bond acceptors (Lipinski definition) is 2. The number of carbonyl (C=O) groups excluding carboxylic acids is 1. The summed E-state index contributed by atoms with van der Waals surface area (Å²) in [5, 5.41) is 0.542. The standard InChI is InChI=1S/C13H17ClN2O/c1-10(17)16-6-4-11(5-7-16)8-12-2-3-13(14)15-9-12/h2-3,9,11H,4-8H2,1H3. The summed E-state index contributed by atoms with van der Waals surface area (Å²) in [4.78, 5) is 17.2. The van der Waals surface area contributed by atoms with E-state index < -0.39 is 0 Å². The SMILES string of the molecule is CC(=O)N1CCC(Cc2ccc(Cl)nc2)CC1. The maximum absolute atomic E-state index is 11.2. The Morgan fingerprint density at radius 3 is 2.71 bits per heavy atom. The summed E-state index contributed by atoms with van der Waals surface area (Å²) >= 11 is 5.75. The van der Waals surface area contributed by atoms with Crippen molar-refractivity contribution < 1.29 is 4.79 Å². The van der Waals surface area contributed by atoms with Crippen molar-refractivity contribution >= 4 is 17.5 Å². The van der Waals surface area contributed by atoms with Gasteiger partial charge < -0.3 is 4.90 Å². The predicted molar refractivity (Wildman–Crippen MR) is 67.9 cm³/mol. The van der Waals surface area contributed by atoms with Crippen LogP contribution in [0.15, 0.2) is 18.3 Å². The first-order valence-electron chi connectivity index (χ1n) is 6.01. The van der Waals surface area contributed by atoms with E-state index in [1.807, 2.05) is 23.2 Å². The highest BCUT2D eigenvalue weighted by Gasteiger charge is 2.20. The number of halogens is 1. The molecule has 0 saturated carbocycles. The fourth-order valence-electron chi connectivity index (χ4n) is 2.31. The maximum atomic E-state index is 11.2. The molecule has 17 heavy (non-hydrogen) atoms. The summed E-state index contributed by atoms with van der Waals surface area (Å²) in [5.74, 6) is 0.852. The van der Waals surface area contributed by atoms with Crippen molar-refractivity contribution in [3.63, 3.8) is 0 Å². The molecule has 1 aliphatic heterocycles. The van der Waals surface area contributed by atoms with E-state index in [0.29, 0.717) is 11.1 Å². The van der Waals surface area contributed by atoms with Crippen molar-refractivity contribution in [1.82, 2.24) is 9.88 Å². The third-order valence-corrected chi connectivity index (χ3v) is 3.60. The highest BCUT2D eigenvalue weighted by Crippen LogP contribution is 2.21. The number of carbonyl (C=O) groups is 1. The Balaban J connectivity index is 1.85. The van der Waals surface area contributed by atoms with Crippen LogP contribution in [0.25, 0.3) is 0 Å². The van der Waals surface area contributed by atoms with Gasteiger partial charge in [-0.15, -0.1) is 0 Å². The number of amides is 1. The minimum Gasteiger partial charge on any atom is -0.343 e. The van der Waals surface area contributed by atoms with Gasteiger partial charge in [0.25, 0.3) is 0 Å². The molecule has 1 aliphatic rings. The number of rotatable bonds is 2. The molecule has 0 aromatic carbocycles. The molecule has 1 aromatic heterocycles. The second-order valence-corrected chi connectivity index (χ2v) is 5.03. The Hall–Kier alpha value is -1.09. The summed E-state index contributed by atoms with van der Waals surface area (Å²) < 4.78 is 0. The average molecular weight is 253 g/mol. The number of likely N-dealkylation sites (tertiary alicyclic amines) is 1. The molecular formula is C13H17ClN2O. The normalized spacial score (nSPS) is 17.2. The first-order chi connectivity index (χ1) is 8.15. The van der Waals surface area contributed by atoms with Crippen molar-refractivity contribution in [3.05, 3.63) is 29.0 Å². The van der Waals surface area contributed by atoms with Gasteiger partial charge >= 0.3 is 0 Å². The summed E-state index contributed by atoms with van der Waals surface area (Å²) in [6.07, 6.45) is 5.06. The molecule has 1 aromatic rings. The van der Waals surface area contributed by atoms with Crippen molar-refractivity contribution in [3.8, 4) is 0 Å². The van der Waals surface area contributed by atoms with Crippen molar-refractivity contribution in [2.75, 3.05) is 13.1 Å².